The molecule has 0 radical (unpaired) electrons. The average Bonchev–Trinajstić information content (AvgIpc) is 3.03. The van der Waals surface area contributed by atoms with Gasteiger partial charge in [-0.05, 0) is 37.6 Å². The van der Waals surface area contributed by atoms with E-state index in [2.05, 4.69) is 0 Å². The van der Waals surface area contributed by atoms with Gasteiger partial charge in [-0.3, -0.25) is 4.79 Å². The van der Waals surface area contributed by atoms with E-state index in [9.17, 15) is 44.7 Å². The first kappa shape index (κ1) is 23.7. The zero-order valence-corrected chi connectivity index (χ0v) is 16.2. The van der Waals surface area contributed by atoms with Crippen molar-refractivity contribution < 1.29 is 49.1 Å². The molecule has 0 bridgehead atoms. The van der Waals surface area contributed by atoms with Gasteiger partial charge in [0.15, 0.2) is 0 Å². The fourth-order valence-electron chi connectivity index (χ4n) is 2.32. The lowest BCUT2D eigenvalue weighted by molar-refractivity contribution is -0.143. The van der Waals surface area contributed by atoms with E-state index in [1.807, 2.05) is 0 Å². The summed E-state index contributed by atoms with van der Waals surface area (Å²) in [6.07, 6.45) is -10.4. The number of benzene rings is 1. The first-order chi connectivity index (χ1) is 13.4. The van der Waals surface area contributed by atoms with E-state index < -0.39 is 62.1 Å². The molecular formula is C17H15F6NO5S. The van der Waals surface area contributed by atoms with E-state index in [1.165, 1.54) is 18.6 Å². The van der Waals surface area contributed by atoms with Crippen molar-refractivity contribution in [2.24, 2.45) is 0 Å². The molecule has 0 aliphatic carbocycles. The van der Waals surface area contributed by atoms with Gasteiger partial charge in [0, 0.05) is 11.6 Å². The van der Waals surface area contributed by atoms with E-state index in [-0.39, 0.29) is 11.6 Å². The molecule has 1 aromatic carbocycles. The van der Waals surface area contributed by atoms with Crippen molar-refractivity contribution in [1.29, 1.82) is 0 Å². The monoisotopic (exact) mass is 459 g/mol. The third-order valence-electron chi connectivity index (χ3n) is 3.81. The Kier molecular flexibility index (Phi) is 6.02. The number of rotatable bonds is 5. The van der Waals surface area contributed by atoms with Crippen LogP contribution in [0.4, 0.5) is 26.3 Å². The van der Waals surface area contributed by atoms with Gasteiger partial charge in [0.25, 0.3) is 10.0 Å². The Labute approximate surface area is 166 Å². The Morgan fingerprint density at radius 3 is 1.87 bits per heavy atom. The quantitative estimate of drug-likeness (QED) is 0.667. The van der Waals surface area contributed by atoms with Gasteiger partial charge in [-0.1, -0.05) is 0 Å². The smallest absolute Gasteiger partial charge is 0.416 e. The number of halogens is 6. The molecule has 166 valence electrons. The van der Waals surface area contributed by atoms with Crippen molar-refractivity contribution in [2.75, 3.05) is 0 Å². The summed E-state index contributed by atoms with van der Waals surface area (Å²) in [7, 11) is -4.62. The van der Waals surface area contributed by atoms with Crippen molar-refractivity contribution >= 4 is 15.9 Å². The van der Waals surface area contributed by atoms with E-state index in [1.54, 1.807) is 0 Å². The molecule has 0 unspecified atom stereocenters. The second kappa shape index (κ2) is 7.61. The van der Waals surface area contributed by atoms with Gasteiger partial charge < -0.3 is 9.52 Å². The number of aliphatic hydroxyl groups is 1. The number of hydrogen-bond donors (Lipinski definition) is 2. The van der Waals surface area contributed by atoms with Crippen LogP contribution < -0.4 is 4.72 Å². The van der Waals surface area contributed by atoms with Crippen LogP contribution in [0.1, 0.15) is 36.1 Å². The minimum Gasteiger partial charge on any atom is -0.451 e. The summed E-state index contributed by atoms with van der Waals surface area (Å²) in [6.45, 7) is 2.66. The van der Waals surface area contributed by atoms with Crippen LogP contribution in [0.5, 0.6) is 0 Å². The molecule has 2 N–H and O–H groups in total. The normalized spacial score (nSPS) is 13.4. The molecule has 0 spiro atoms. The summed E-state index contributed by atoms with van der Waals surface area (Å²) in [6, 6.07) is 1.45. The highest BCUT2D eigenvalue weighted by Crippen LogP contribution is 2.36. The molecular weight excluding hydrogens is 444 g/mol. The maximum absolute atomic E-state index is 12.9. The number of furan rings is 1. The summed E-state index contributed by atoms with van der Waals surface area (Å²) in [4.78, 5) is 12.0. The van der Waals surface area contributed by atoms with Crippen LogP contribution in [0, 0.1) is 0 Å². The lowest BCUT2D eigenvalue weighted by atomic mass is 10.0. The molecule has 13 heteroatoms. The molecule has 0 fully saturated rings. The molecule has 0 saturated carbocycles. The van der Waals surface area contributed by atoms with Gasteiger partial charge >= 0.3 is 12.4 Å². The minimum atomic E-state index is -5.11. The zero-order valence-electron chi connectivity index (χ0n) is 15.4. The molecule has 6 nitrogen and oxygen atoms in total. The van der Waals surface area contributed by atoms with Gasteiger partial charge in [-0.2, -0.15) is 34.8 Å². The minimum absolute atomic E-state index is 0.0584. The predicted molar refractivity (Wildman–Crippen MR) is 89.4 cm³/mol. The summed E-state index contributed by atoms with van der Waals surface area (Å²) in [5.74, 6) is -1.39. The van der Waals surface area contributed by atoms with Gasteiger partial charge in [-0.15, -0.1) is 0 Å². The molecule has 1 amide bonds. The number of amides is 1. The van der Waals surface area contributed by atoms with Crippen LogP contribution in [0.15, 0.2) is 40.0 Å². The number of carbonyl (C=O) groups excluding carboxylic acids is 1. The third-order valence-corrected chi connectivity index (χ3v) is 5.05. The summed E-state index contributed by atoms with van der Waals surface area (Å²) < 4.78 is 108. The molecule has 1 heterocycles. The lowest BCUT2D eigenvalue weighted by Crippen LogP contribution is -2.31. The molecule has 2 aromatic rings. The van der Waals surface area contributed by atoms with E-state index in [0.717, 1.165) is 12.3 Å². The van der Waals surface area contributed by atoms with Crippen LogP contribution in [0.25, 0.3) is 0 Å². The number of sulfonamides is 1. The molecule has 1 aromatic heterocycles. The fraction of sp³-hybridized carbons (Fsp3) is 0.353. The zero-order chi connectivity index (χ0) is 23.1. The van der Waals surface area contributed by atoms with Crippen molar-refractivity contribution in [1.82, 2.24) is 4.72 Å². The van der Waals surface area contributed by atoms with Crippen LogP contribution in [-0.4, -0.2) is 19.4 Å². The third kappa shape index (κ3) is 5.75. The topological polar surface area (TPSA) is 96.6 Å². The second-order valence-electron chi connectivity index (χ2n) is 6.83. The number of hydrogen-bond acceptors (Lipinski definition) is 5. The second-order valence-corrected chi connectivity index (χ2v) is 8.45. The predicted octanol–water partition coefficient (Wildman–Crippen LogP) is 3.59. The molecule has 30 heavy (non-hydrogen) atoms. The molecule has 0 atom stereocenters. The number of carbonyl (C=O) groups is 1. The van der Waals surface area contributed by atoms with Gasteiger partial charge in [0.05, 0.1) is 29.4 Å². The Morgan fingerprint density at radius 2 is 1.47 bits per heavy atom. The maximum atomic E-state index is 12.9. The Balaban J connectivity index is 2.28. The lowest BCUT2D eigenvalue weighted by Gasteiger charge is -2.14. The number of nitrogens with one attached hydrogen (secondary N) is 1. The molecule has 0 aliphatic rings. The van der Waals surface area contributed by atoms with Crippen LogP contribution in [0.3, 0.4) is 0 Å². The van der Waals surface area contributed by atoms with Crippen molar-refractivity contribution in [3.05, 3.63) is 52.8 Å². The SMILES string of the molecule is CC(C)(O)c1coc(S(=O)(=O)NC(=O)Cc2cc(C(F)(F)F)cc(C(F)(F)F)c2)c1. The summed E-state index contributed by atoms with van der Waals surface area (Å²) >= 11 is 0. The van der Waals surface area contributed by atoms with Crippen molar-refractivity contribution in [2.45, 2.75) is 43.3 Å². The number of alkyl halides is 6. The largest absolute Gasteiger partial charge is 0.451 e. The molecule has 0 aliphatic heterocycles. The highest BCUT2D eigenvalue weighted by molar-refractivity contribution is 7.89. The Bertz CT molecular complexity index is 1020. The summed E-state index contributed by atoms with van der Waals surface area (Å²) in [5, 5.41) is 9.03. The Hall–Kier alpha value is -2.54. The highest BCUT2D eigenvalue weighted by Gasteiger charge is 2.37. The van der Waals surface area contributed by atoms with Gasteiger partial charge in [0.1, 0.15) is 0 Å². The van der Waals surface area contributed by atoms with E-state index in [4.69, 9.17) is 4.42 Å². The fourth-order valence-corrected chi connectivity index (χ4v) is 3.25. The summed E-state index contributed by atoms with van der Waals surface area (Å²) in [5.41, 5.74) is -5.37. The van der Waals surface area contributed by atoms with E-state index >= 15 is 0 Å². The van der Waals surface area contributed by atoms with Crippen LogP contribution in [-0.2, 0) is 39.2 Å². The van der Waals surface area contributed by atoms with Gasteiger partial charge in [-0.25, -0.2) is 4.72 Å². The first-order valence-electron chi connectivity index (χ1n) is 8.05. The van der Waals surface area contributed by atoms with Gasteiger partial charge in [0.2, 0.25) is 11.0 Å². The Morgan fingerprint density at radius 1 is 0.967 bits per heavy atom. The first-order valence-corrected chi connectivity index (χ1v) is 9.53. The molecule has 0 saturated heterocycles. The van der Waals surface area contributed by atoms with Crippen molar-refractivity contribution in [3.8, 4) is 0 Å². The van der Waals surface area contributed by atoms with E-state index in [0.29, 0.717) is 12.1 Å². The van der Waals surface area contributed by atoms with Crippen molar-refractivity contribution in [3.63, 3.8) is 0 Å². The maximum Gasteiger partial charge on any atom is 0.416 e. The standard InChI is InChI=1S/C17H15F6NO5S/c1-15(2,26)12-7-14(29-8-12)30(27,28)24-13(25)5-9-3-10(16(18,19)20)6-11(4-9)17(21,22)23/h3-4,6-8,26H,5H2,1-2H3,(H,24,25). The van der Waals surface area contributed by atoms with Crippen LogP contribution in [0.2, 0.25) is 0 Å². The highest BCUT2D eigenvalue weighted by atomic mass is 32.2. The molecule has 2 rings (SSSR count). The average molecular weight is 459 g/mol. The van der Waals surface area contributed by atoms with Crippen LogP contribution >= 0.6 is 0 Å².